The number of benzene rings is 2. The van der Waals surface area contributed by atoms with Gasteiger partial charge in [0.15, 0.2) is 11.5 Å². The van der Waals surface area contributed by atoms with Gasteiger partial charge in [-0.2, -0.15) is 0 Å². The first-order valence-corrected chi connectivity index (χ1v) is 10.9. The lowest BCUT2D eigenvalue weighted by Gasteiger charge is -2.15. The summed E-state index contributed by atoms with van der Waals surface area (Å²) in [6, 6.07) is 11.0. The largest absolute Gasteiger partial charge is 0.493 e. The summed E-state index contributed by atoms with van der Waals surface area (Å²) in [5.74, 6) is -0.576. The number of pyridine rings is 1. The van der Waals surface area contributed by atoms with E-state index in [0.717, 1.165) is 22.3 Å². The fraction of sp³-hybridized carbons (Fsp3) is 0.143. The van der Waals surface area contributed by atoms with Crippen molar-refractivity contribution in [1.82, 2.24) is 4.57 Å². The van der Waals surface area contributed by atoms with E-state index >= 15 is 0 Å². The maximum absolute atomic E-state index is 13.5. The van der Waals surface area contributed by atoms with E-state index in [4.69, 9.17) is 19.3 Å². The van der Waals surface area contributed by atoms with E-state index in [0.29, 0.717) is 0 Å². The van der Waals surface area contributed by atoms with Crippen molar-refractivity contribution in [2.45, 2.75) is 13.7 Å². The molecule has 0 spiro atoms. The molecule has 33 heavy (non-hydrogen) atoms. The Labute approximate surface area is 187 Å². The third-order valence-corrected chi connectivity index (χ3v) is 4.80. The summed E-state index contributed by atoms with van der Waals surface area (Å²) >= 11 is 0. The zero-order valence-electron chi connectivity index (χ0n) is 17.5. The van der Waals surface area contributed by atoms with E-state index in [1.165, 1.54) is 37.6 Å². The number of aromatic nitrogens is 1. The standard InChI is InChI=1S/C21H20FN2O8P/c1-13-3-5-16(18(9-13)32-17-6-4-14(22)10-19(17)30-2)21(26)23-15-7-8-24(20(25)11-15)12-31-33(27,28)29/h3-11H,12H2,1-2H3,(H,23,26)(H2,27,28,29). The van der Waals surface area contributed by atoms with Gasteiger partial charge in [0.2, 0.25) is 0 Å². The number of phosphoric ester groups is 1. The molecular weight excluding hydrogens is 458 g/mol. The van der Waals surface area contributed by atoms with Crippen molar-refractivity contribution in [2.24, 2.45) is 0 Å². The molecule has 0 atom stereocenters. The highest BCUT2D eigenvalue weighted by Gasteiger charge is 2.17. The van der Waals surface area contributed by atoms with Gasteiger partial charge in [-0.3, -0.25) is 18.7 Å². The van der Waals surface area contributed by atoms with Gasteiger partial charge in [-0.15, -0.1) is 0 Å². The maximum atomic E-state index is 13.5. The molecule has 10 nitrogen and oxygen atoms in total. The van der Waals surface area contributed by atoms with Gasteiger partial charge >= 0.3 is 7.82 Å². The molecule has 0 aliphatic heterocycles. The number of phosphoric acid groups is 1. The molecule has 3 N–H and O–H groups in total. The predicted molar refractivity (Wildman–Crippen MR) is 116 cm³/mol. The van der Waals surface area contributed by atoms with Gasteiger partial charge in [0.1, 0.15) is 18.3 Å². The molecule has 0 unspecified atom stereocenters. The van der Waals surface area contributed by atoms with Gasteiger partial charge in [-0.25, -0.2) is 8.96 Å². The predicted octanol–water partition coefficient (Wildman–Crippen LogP) is 3.42. The van der Waals surface area contributed by atoms with Crippen LogP contribution >= 0.6 is 7.82 Å². The molecule has 3 rings (SSSR count). The Balaban J connectivity index is 1.83. The van der Waals surface area contributed by atoms with Crippen LogP contribution in [-0.4, -0.2) is 27.4 Å². The molecule has 0 fully saturated rings. The molecule has 174 valence electrons. The molecule has 12 heteroatoms. The number of hydrogen-bond acceptors (Lipinski definition) is 6. The lowest BCUT2D eigenvalue weighted by molar-refractivity contribution is 0.102. The summed E-state index contributed by atoms with van der Waals surface area (Å²) in [7, 11) is -3.39. The van der Waals surface area contributed by atoms with Crippen LogP contribution in [0.5, 0.6) is 17.2 Å². The first kappa shape index (κ1) is 24.1. The monoisotopic (exact) mass is 478 g/mol. The zero-order chi connectivity index (χ0) is 24.2. The van der Waals surface area contributed by atoms with E-state index in [2.05, 4.69) is 9.84 Å². The minimum atomic E-state index is -4.75. The number of carbonyl (C=O) groups is 1. The number of rotatable bonds is 8. The fourth-order valence-corrected chi connectivity index (χ4v) is 3.05. The lowest BCUT2D eigenvalue weighted by atomic mass is 10.1. The lowest BCUT2D eigenvalue weighted by Crippen LogP contribution is -2.21. The SMILES string of the molecule is COc1cc(F)ccc1Oc1cc(C)ccc1C(=O)Nc1ccn(COP(=O)(O)O)c(=O)c1. The Morgan fingerprint density at radius 2 is 1.85 bits per heavy atom. The van der Waals surface area contributed by atoms with Gasteiger partial charge in [0.25, 0.3) is 11.5 Å². The summed E-state index contributed by atoms with van der Waals surface area (Å²) < 4.78 is 40.4. The van der Waals surface area contributed by atoms with Gasteiger partial charge in [0.05, 0.1) is 12.7 Å². The second-order valence-electron chi connectivity index (χ2n) is 6.82. The highest BCUT2D eigenvalue weighted by molar-refractivity contribution is 7.46. The van der Waals surface area contributed by atoms with Crippen molar-refractivity contribution in [3.8, 4) is 17.2 Å². The summed E-state index contributed by atoms with van der Waals surface area (Å²) in [5, 5.41) is 2.56. The first-order valence-electron chi connectivity index (χ1n) is 9.40. The van der Waals surface area contributed by atoms with Crippen molar-refractivity contribution >= 4 is 19.4 Å². The van der Waals surface area contributed by atoms with Crippen molar-refractivity contribution in [3.05, 3.63) is 82.0 Å². The third kappa shape index (κ3) is 6.50. The summed E-state index contributed by atoms with van der Waals surface area (Å²) in [5.41, 5.74) is 0.428. The molecule has 0 bridgehead atoms. The van der Waals surface area contributed by atoms with E-state index < -0.39 is 31.8 Å². The van der Waals surface area contributed by atoms with E-state index in [9.17, 15) is 18.5 Å². The van der Waals surface area contributed by atoms with Crippen LogP contribution in [0.4, 0.5) is 10.1 Å². The van der Waals surface area contributed by atoms with Gasteiger partial charge in [-0.1, -0.05) is 6.07 Å². The van der Waals surface area contributed by atoms with Crippen LogP contribution in [0, 0.1) is 12.7 Å². The van der Waals surface area contributed by atoms with Crippen LogP contribution in [0.1, 0.15) is 15.9 Å². The molecule has 0 aliphatic carbocycles. The number of ether oxygens (including phenoxy) is 2. The normalized spacial score (nSPS) is 11.2. The Hall–Kier alpha value is -3.50. The first-order chi connectivity index (χ1) is 15.6. The molecule has 0 saturated carbocycles. The van der Waals surface area contributed by atoms with Crippen molar-refractivity contribution in [1.29, 1.82) is 0 Å². The van der Waals surface area contributed by atoms with Crippen LogP contribution in [0.15, 0.2) is 59.5 Å². The molecule has 1 heterocycles. The van der Waals surface area contributed by atoms with Gasteiger partial charge < -0.3 is 24.6 Å². The highest BCUT2D eigenvalue weighted by Crippen LogP contribution is 2.36. The maximum Gasteiger partial charge on any atom is 0.471 e. The van der Waals surface area contributed by atoms with Crippen molar-refractivity contribution < 1.29 is 37.5 Å². The van der Waals surface area contributed by atoms with E-state index in [1.807, 2.05) is 0 Å². The minimum Gasteiger partial charge on any atom is -0.493 e. The van der Waals surface area contributed by atoms with Crippen LogP contribution in [0.25, 0.3) is 0 Å². The van der Waals surface area contributed by atoms with Gasteiger partial charge in [-0.05, 0) is 42.8 Å². The topological polar surface area (TPSA) is 136 Å². The Morgan fingerprint density at radius 1 is 1.09 bits per heavy atom. The summed E-state index contributed by atoms with van der Waals surface area (Å²) in [6.07, 6.45) is 1.21. The molecule has 1 aromatic heterocycles. The average Bonchev–Trinajstić information content (AvgIpc) is 2.73. The number of hydrogen-bond donors (Lipinski definition) is 3. The number of halogens is 1. The second kappa shape index (κ2) is 9.97. The number of amides is 1. The Morgan fingerprint density at radius 3 is 2.52 bits per heavy atom. The molecule has 0 aliphatic rings. The quantitative estimate of drug-likeness (QED) is 0.419. The summed E-state index contributed by atoms with van der Waals surface area (Å²) in [4.78, 5) is 42.5. The van der Waals surface area contributed by atoms with E-state index in [-0.39, 0.29) is 28.5 Å². The molecule has 0 radical (unpaired) electrons. The van der Waals surface area contributed by atoms with Crippen LogP contribution in [0.2, 0.25) is 0 Å². The van der Waals surface area contributed by atoms with E-state index in [1.54, 1.807) is 19.1 Å². The minimum absolute atomic E-state index is 0.140. The second-order valence-corrected chi connectivity index (χ2v) is 8.06. The third-order valence-electron chi connectivity index (χ3n) is 4.35. The zero-order valence-corrected chi connectivity index (χ0v) is 18.4. The Kier molecular flexibility index (Phi) is 7.29. The Bertz CT molecular complexity index is 1290. The van der Waals surface area contributed by atoms with Crippen molar-refractivity contribution in [3.63, 3.8) is 0 Å². The fourth-order valence-electron chi connectivity index (χ4n) is 2.77. The number of aryl methyl sites for hydroxylation is 1. The smallest absolute Gasteiger partial charge is 0.471 e. The number of methoxy groups -OCH3 is 1. The molecule has 2 aromatic carbocycles. The number of nitrogens with zero attached hydrogens (tertiary/aromatic N) is 1. The van der Waals surface area contributed by atoms with Crippen LogP contribution in [-0.2, 0) is 15.8 Å². The van der Waals surface area contributed by atoms with Gasteiger partial charge in [0, 0.05) is 24.0 Å². The molecular formula is C21H20FN2O8P. The highest BCUT2D eigenvalue weighted by atomic mass is 31.2. The summed E-state index contributed by atoms with van der Waals surface area (Å²) in [6.45, 7) is 1.14. The number of anilines is 1. The van der Waals surface area contributed by atoms with Crippen molar-refractivity contribution in [2.75, 3.05) is 12.4 Å². The average molecular weight is 478 g/mol. The molecule has 3 aromatic rings. The number of nitrogens with one attached hydrogen (secondary N) is 1. The molecule has 1 amide bonds. The molecule has 0 saturated heterocycles. The van der Waals surface area contributed by atoms with Crippen LogP contribution < -0.4 is 20.3 Å². The van der Waals surface area contributed by atoms with Crippen LogP contribution in [0.3, 0.4) is 0 Å². The number of carbonyl (C=O) groups excluding carboxylic acids is 1.